The number of rotatable bonds is 7. The maximum Gasteiger partial charge on any atom is 0.251 e. The molecule has 1 saturated carbocycles. The van der Waals surface area contributed by atoms with Gasteiger partial charge in [0.2, 0.25) is 5.91 Å². The van der Waals surface area contributed by atoms with Crippen molar-refractivity contribution < 1.29 is 9.59 Å². The van der Waals surface area contributed by atoms with Gasteiger partial charge in [-0.1, -0.05) is 37.8 Å². The minimum absolute atomic E-state index is 0.0975. The van der Waals surface area contributed by atoms with Crippen LogP contribution in [0.3, 0.4) is 0 Å². The van der Waals surface area contributed by atoms with E-state index in [-0.39, 0.29) is 17.7 Å². The number of nitrogens with zero attached hydrogens (tertiary/aromatic N) is 2. The number of aromatic nitrogens is 1. The van der Waals surface area contributed by atoms with Crippen LogP contribution in [0.15, 0.2) is 42.6 Å². The second-order valence-corrected chi connectivity index (χ2v) is 9.00. The predicted octanol–water partition coefficient (Wildman–Crippen LogP) is 4.20. The van der Waals surface area contributed by atoms with E-state index in [9.17, 15) is 9.59 Å². The summed E-state index contributed by atoms with van der Waals surface area (Å²) in [6.45, 7) is 3.08. The zero-order valence-electron chi connectivity index (χ0n) is 18.8. The van der Waals surface area contributed by atoms with Gasteiger partial charge in [-0.05, 0) is 61.1 Å². The Labute approximate surface area is 190 Å². The van der Waals surface area contributed by atoms with Gasteiger partial charge in [-0.2, -0.15) is 0 Å². The molecular weight excluding hydrogens is 400 g/mol. The SMILES string of the molecule is O=C(NCc1ccnc(N2CCCCCC2)c1)c1ccc(CNC(=O)C2CCCC2)cc1. The fourth-order valence-electron chi connectivity index (χ4n) is 4.62. The van der Waals surface area contributed by atoms with E-state index in [1.54, 1.807) is 0 Å². The molecule has 2 aromatic rings. The molecule has 0 spiro atoms. The number of benzene rings is 1. The van der Waals surface area contributed by atoms with Crippen molar-refractivity contribution in [1.82, 2.24) is 15.6 Å². The smallest absolute Gasteiger partial charge is 0.251 e. The molecule has 1 saturated heterocycles. The highest BCUT2D eigenvalue weighted by Crippen LogP contribution is 2.24. The lowest BCUT2D eigenvalue weighted by Gasteiger charge is -2.21. The van der Waals surface area contributed by atoms with Gasteiger partial charge in [0.05, 0.1) is 0 Å². The molecule has 6 heteroatoms. The number of nitrogens with one attached hydrogen (secondary N) is 2. The molecule has 1 aromatic heterocycles. The second-order valence-electron chi connectivity index (χ2n) is 9.00. The molecule has 0 radical (unpaired) electrons. The van der Waals surface area contributed by atoms with Crippen LogP contribution >= 0.6 is 0 Å². The van der Waals surface area contributed by atoms with Crippen LogP contribution in [0.2, 0.25) is 0 Å². The largest absolute Gasteiger partial charge is 0.357 e. The Morgan fingerprint density at radius 3 is 2.25 bits per heavy atom. The fraction of sp³-hybridized carbons (Fsp3) is 0.500. The predicted molar refractivity (Wildman–Crippen MR) is 126 cm³/mol. The van der Waals surface area contributed by atoms with Gasteiger partial charge in [-0.3, -0.25) is 9.59 Å². The van der Waals surface area contributed by atoms with Crippen LogP contribution in [-0.4, -0.2) is 29.9 Å². The highest BCUT2D eigenvalue weighted by atomic mass is 16.2. The third-order valence-electron chi connectivity index (χ3n) is 6.60. The number of hydrogen-bond donors (Lipinski definition) is 2. The molecular formula is C26H34N4O2. The van der Waals surface area contributed by atoms with Crippen molar-refractivity contribution in [3.05, 3.63) is 59.3 Å². The maximum absolute atomic E-state index is 12.6. The highest BCUT2D eigenvalue weighted by molar-refractivity contribution is 5.94. The van der Waals surface area contributed by atoms with Gasteiger partial charge in [-0.25, -0.2) is 4.98 Å². The van der Waals surface area contributed by atoms with Gasteiger partial charge >= 0.3 is 0 Å². The molecule has 6 nitrogen and oxygen atoms in total. The van der Waals surface area contributed by atoms with Crippen LogP contribution in [0.5, 0.6) is 0 Å². The third kappa shape index (κ3) is 6.09. The Kier molecular flexibility index (Phi) is 7.75. The Bertz CT molecular complexity index is 898. The molecule has 2 heterocycles. The second kappa shape index (κ2) is 11.1. The first kappa shape index (κ1) is 22.3. The van der Waals surface area contributed by atoms with Crippen LogP contribution < -0.4 is 15.5 Å². The number of anilines is 1. The summed E-state index contributed by atoms with van der Waals surface area (Å²) in [6.07, 6.45) is 11.1. The molecule has 1 aromatic carbocycles. The van der Waals surface area contributed by atoms with Crippen molar-refractivity contribution >= 4 is 17.6 Å². The summed E-state index contributed by atoms with van der Waals surface area (Å²) in [5.74, 6) is 1.23. The molecule has 1 aliphatic heterocycles. The van der Waals surface area contributed by atoms with E-state index in [1.165, 1.54) is 25.7 Å². The zero-order chi connectivity index (χ0) is 22.2. The highest BCUT2D eigenvalue weighted by Gasteiger charge is 2.22. The Morgan fingerprint density at radius 2 is 1.53 bits per heavy atom. The van der Waals surface area contributed by atoms with E-state index in [2.05, 4.69) is 26.6 Å². The van der Waals surface area contributed by atoms with Gasteiger partial charge in [0.25, 0.3) is 5.91 Å². The Balaban J connectivity index is 1.26. The summed E-state index contributed by atoms with van der Waals surface area (Å²) in [5.41, 5.74) is 2.68. The summed E-state index contributed by atoms with van der Waals surface area (Å²) in [6, 6.07) is 11.5. The van der Waals surface area contributed by atoms with Crippen molar-refractivity contribution in [2.75, 3.05) is 18.0 Å². The summed E-state index contributed by atoms with van der Waals surface area (Å²) in [4.78, 5) is 31.7. The van der Waals surface area contributed by atoms with Crippen molar-refractivity contribution in [2.24, 2.45) is 5.92 Å². The molecule has 2 N–H and O–H groups in total. The average Bonchev–Trinajstić information content (AvgIpc) is 3.24. The van der Waals surface area contributed by atoms with Crippen LogP contribution in [-0.2, 0) is 17.9 Å². The minimum atomic E-state index is -0.0975. The third-order valence-corrected chi connectivity index (χ3v) is 6.60. The van der Waals surface area contributed by atoms with Crippen LogP contribution in [0, 0.1) is 5.92 Å². The summed E-state index contributed by atoms with van der Waals surface area (Å²) < 4.78 is 0. The lowest BCUT2D eigenvalue weighted by atomic mass is 10.1. The first-order chi connectivity index (χ1) is 15.7. The summed E-state index contributed by atoms with van der Waals surface area (Å²) >= 11 is 0. The van der Waals surface area contributed by atoms with E-state index >= 15 is 0 Å². The fourth-order valence-corrected chi connectivity index (χ4v) is 4.62. The topological polar surface area (TPSA) is 74.3 Å². The molecule has 0 atom stereocenters. The normalized spacial score (nSPS) is 17.1. The lowest BCUT2D eigenvalue weighted by molar-refractivity contribution is -0.124. The molecule has 0 bridgehead atoms. The summed E-state index contributed by atoms with van der Waals surface area (Å²) in [7, 11) is 0. The Hall–Kier alpha value is -2.89. The number of carbonyl (C=O) groups excluding carboxylic acids is 2. The first-order valence-electron chi connectivity index (χ1n) is 12.0. The van der Waals surface area contributed by atoms with Crippen molar-refractivity contribution in [3.63, 3.8) is 0 Å². The molecule has 2 fully saturated rings. The monoisotopic (exact) mass is 434 g/mol. The number of carbonyl (C=O) groups is 2. The maximum atomic E-state index is 12.6. The molecule has 2 amide bonds. The van der Waals surface area contributed by atoms with Crippen LogP contribution in [0.4, 0.5) is 5.82 Å². The van der Waals surface area contributed by atoms with Gasteiger partial charge in [0.15, 0.2) is 0 Å². The first-order valence-corrected chi connectivity index (χ1v) is 12.0. The molecule has 2 aliphatic rings. The molecule has 1 aliphatic carbocycles. The lowest BCUT2D eigenvalue weighted by Crippen LogP contribution is -2.28. The van der Waals surface area contributed by atoms with Gasteiger partial charge in [-0.15, -0.1) is 0 Å². The van der Waals surface area contributed by atoms with Crippen LogP contribution in [0.1, 0.15) is 72.9 Å². The number of pyridine rings is 1. The quantitative estimate of drug-likeness (QED) is 0.685. The van der Waals surface area contributed by atoms with Gasteiger partial charge in [0, 0.05) is 43.9 Å². The zero-order valence-corrected chi connectivity index (χ0v) is 18.8. The number of amides is 2. The average molecular weight is 435 g/mol. The Morgan fingerprint density at radius 1 is 0.844 bits per heavy atom. The molecule has 0 unspecified atom stereocenters. The van der Waals surface area contributed by atoms with Crippen LogP contribution in [0.25, 0.3) is 0 Å². The van der Waals surface area contributed by atoms with E-state index in [4.69, 9.17) is 0 Å². The van der Waals surface area contributed by atoms with Crippen molar-refractivity contribution in [1.29, 1.82) is 0 Å². The van der Waals surface area contributed by atoms with E-state index in [1.807, 2.05) is 36.5 Å². The number of hydrogen-bond acceptors (Lipinski definition) is 4. The standard InChI is InChI=1S/C26H34N4O2/c31-25(22-7-3-4-8-22)28-18-20-9-11-23(12-10-20)26(32)29-19-21-13-14-27-24(17-21)30-15-5-1-2-6-16-30/h9-14,17,22H,1-8,15-16,18-19H2,(H,28,31)(H,29,32). The van der Waals surface area contributed by atoms with E-state index in [0.29, 0.717) is 18.7 Å². The molecule has 170 valence electrons. The minimum Gasteiger partial charge on any atom is -0.357 e. The van der Waals surface area contributed by atoms with Crippen molar-refractivity contribution in [2.45, 2.75) is 64.5 Å². The molecule has 4 rings (SSSR count). The summed E-state index contributed by atoms with van der Waals surface area (Å²) in [5, 5.41) is 6.03. The van der Waals surface area contributed by atoms with Gasteiger partial charge in [0.1, 0.15) is 5.82 Å². The van der Waals surface area contributed by atoms with E-state index < -0.39 is 0 Å². The van der Waals surface area contributed by atoms with Crippen molar-refractivity contribution in [3.8, 4) is 0 Å². The van der Waals surface area contributed by atoms with E-state index in [0.717, 1.165) is 55.7 Å². The molecule has 32 heavy (non-hydrogen) atoms. The van der Waals surface area contributed by atoms with Gasteiger partial charge < -0.3 is 15.5 Å².